The molecule has 0 amide bonds. The van der Waals surface area contributed by atoms with Gasteiger partial charge in [0.25, 0.3) is 0 Å². The second-order valence-corrected chi connectivity index (χ2v) is 3.59. The Morgan fingerprint density at radius 2 is 2.28 bits per heavy atom. The Labute approximate surface area is 104 Å². The van der Waals surface area contributed by atoms with Gasteiger partial charge in [-0.2, -0.15) is 0 Å². The van der Waals surface area contributed by atoms with Crippen LogP contribution in [0.25, 0.3) is 0 Å². The molecule has 0 aliphatic rings. The molecule has 0 saturated heterocycles. The molecule has 7 nitrogen and oxygen atoms in total. The number of ether oxygens (including phenoxy) is 1. The van der Waals surface area contributed by atoms with Gasteiger partial charge in [0.2, 0.25) is 5.82 Å². The van der Waals surface area contributed by atoms with Gasteiger partial charge < -0.3 is 10.1 Å². The van der Waals surface area contributed by atoms with E-state index in [0.717, 1.165) is 12.8 Å². The fourth-order valence-electron chi connectivity index (χ4n) is 1.33. The van der Waals surface area contributed by atoms with Gasteiger partial charge >= 0.3 is 11.7 Å². The first-order chi connectivity index (χ1) is 8.60. The van der Waals surface area contributed by atoms with E-state index in [0.29, 0.717) is 6.54 Å². The van der Waals surface area contributed by atoms with Crippen molar-refractivity contribution in [2.24, 2.45) is 0 Å². The second kappa shape index (κ2) is 6.53. The summed E-state index contributed by atoms with van der Waals surface area (Å²) in [4.78, 5) is 25.5. The molecule has 1 aromatic heterocycles. The molecule has 0 bridgehead atoms. The average Bonchev–Trinajstić information content (AvgIpc) is 2.37. The number of hydrogen-bond donors (Lipinski definition) is 1. The molecule has 1 N–H and O–H groups in total. The summed E-state index contributed by atoms with van der Waals surface area (Å²) in [5, 5.41) is 13.7. The van der Waals surface area contributed by atoms with Gasteiger partial charge in [-0.15, -0.1) is 0 Å². The van der Waals surface area contributed by atoms with Gasteiger partial charge in [0.05, 0.1) is 12.0 Å². The van der Waals surface area contributed by atoms with Crippen LogP contribution in [0, 0.1) is 10.1 Å². The Hall–Kier alpha value is -2.18. The Morgan fingerprint density at radius 1 is 1.56 bits per heavy atom. The van der Waals surface area contributed by atoms with E-state index in [-0.39, 0.29) is 17.2 Å². The zero-order valence-electron chi connectivity index (χ0n) is 10.3. The molecule has 0 aliphatic heterocycles. The quantitative estimate of drug-likeness (QED) is 0.360. The van der Waals surface area contributed by atoms with Gasteiger partial charge in [-0.3, -0.25) is 10.1 Å². The molecule has 0 unspecified atom stereocenters. The van der Waals surface area contributed by atoms with Crippen molar-refractivity contribution in [3.63, 3.8) is 0 Å². The number of pyridine rings is 1. The monoisotopic (exact) mass is 253 g/mol. The third-order valence-corrected chi connectivity index (χ3v) is 2.29. The van der Waals surface area contributed by atoms with Crippen molar-refractivity contribution in [3.8, 4) is 0 Å². The molecule has 0 atom stereocenters. The topological polar surface area (TPSA) is 94.4 Å². The number of nitrogens with one attached hydrogen (secondary N) is 1. The predicted molar refractivity (Wildman–Crippen MR) is 65.6 cm³/mol. The van der Waals surface area contributed by atoms with Gasteiger partial charge in [0.1, 0.15) is 0 Å². The minimum absolute atomic E-state index is 0.0436. The molecule has 0 fully saturated rings. The van der Waals surface area contributed by atoms with Crippen LogP contribution in [0.3, 0.4) is 0 Å². The van der Waals surface area contributed by atoms with Crippen molar-refractivity contribution in [3.05, 3.63) is 27.9 Å². The molecule has 0 radical (unpaired) electrons. The molecule has 0 spiro atoms. The van der Waals surface area contributed by atoms with Crippen LogP contribution in [-0.4, -0.2) is 29.5 Å². The maximum absolute atomic E-state index is 11.3. The molecule has 0 saturated carbocycles. The fourth-order valence-corrected chi connectivity index (χ4v) is 1.33. The summed E-state index contributed by atoms with van der Waals surface area (Å²) in [6, 6.07) is 2.52. The van der Waals surface area contributed by atoms with Gasteiger partial charge in [0.15, 0.2) is 5.69 Å². The number of esters is 1. The second-order valence-electron chi connectivity index (χ2n) is 3.59. The molecule has 1 rings (SSSR count). The van der Waals surface area contributed by atoms with Crippen LogP contribution in [0.5, 0.6) is 0 Å². The molecule has 18 heavy (non-hydrogen) atoms. The number of anilines is 1. The Balaban J connectivity index is 2.99. The Morgan fingerprint density at radius 3 is 2.83 bits per heavy atom. The van der Waals surface area contributed by atoms with E-state index in [1.165, 1.54) is 19.2 Å². The molecule has 0 aromatic carbocycles. The number of methoxy groups -OCH3 is 1. The van der Waals surface area contributed by atoms with E-state index in [1.807, 2.05) is 6.92 Å². The van der Waals surface area contributed by atoms with Crippen LogP contribution < -0.4 is 5.32 Å². The lowest BCUT2D eigenvalue weighted by atomic mass is 10.3. The van der Waals surface area contributed by atoms with E-state index in [4.69, 9.17) is 0 Å². The number of hydrogen-bond acceptors (Lipinski definition) is 6. The normalized spacial score (nSPS) is 9.89. The first kappa shape index (κ1) is 13.9. The highest BCUT2D eigenvalue weighted by Gasteiger charge is 2.18. The highest BCUT2D eigenvalue weighted by molar-refractivity contribution is 5.88. The summed E-state index contributed by atoms with van der Waals surface area (Å²) in [6.07, 6.45) is 1.82. The third kappa shape index (κ3) is 3.41. The van der Waals surface area contributed by atoms with Crippen molar-refractivity contribution in [1.82, 2.24) is 4.98 Å². The number of rotatable bonds is 6. The first-order valence-electron chi connectivity index (χ1n) is 5.57. The third-order valence-electron chi connectivity index (χ3n) is 2.29. The molecule has 0 aliphatic carbocycles. The fraction of sp³-hybridized carbons (Fsp3) is 0.455. The van der Waals surface area contributed by atoms with Gasteiger partial charge in [-0.05, 0) is 12.5 Å². The number of carbonyl (C=O) groups is 1. The molecule has 98 valence electrons. The molecule has 1 heterocycles. The summed E-state index contributed by atoms with van der Waals surface area (Å²) in [5.41, 5.74) is -0.110. The van der Waals surface area contributed by atoms with Crippen LogP contribution >= 0.6 is 0 Å². The molecule has 7 heteroatoms. The summed E-state index contributed by atoms with van der Waals surface area (Å²) in [5.74, 6) is -0.528. The smallest absolute Gasteiger partial charge is 0.356 e. The summed E-state index contributed by atoms with van der Waals surface area (Å²) < 4.78 is 4.52. The summed E-state index contributed by atoms with van der Waals surface area (Å²) >= 11 is 0. The Bertz CT molecular complexity index is 448. The lowest BCUT2D eigenvalue weighted by molar-refractivity contribution is -0.384. The number of unbranched alkanes of at least 4 members (excludes halogenated alkanes) is 1. The molecule has 1 aromatic rings. The van der Waals surface area contributed by atoms with E-state index < -0.39 is 10.9 Å². The zero-order valence-corrected chi connectivity index (χ0v) is 10.3. The minimum atomic E-state index is -0.622. The van der Waals surface area contributed by atoms with Gasteiger partial charge in [-0.25, -0.2) is 9.78 Å². The summed E-state index contributed by atoms with van der Waals surface area (Å²) in [6.45, 7) is 2.57. The SMILES string of the molecule is CCCCNc1nc(C(=O)OC)ccc1[N+](=O)[O-]. The number of nitrogens with zero attached hydrogens (tertiary/aromatic N) is 2. The van der Waals surface area contributed by atoms with Crippen LogP contribution in [0.4, 0.5) is 11.5 Å². The van der Waals surface area contributed by atoms with Crippen molar-refractivity contribution in [2.75, 3.05) is 19.0 Å². The number of carbonyl (C=O) groups excluding carboxylic acids is 1. The largest absolute Gasteiger partial charge is 0.464 e. The zero-order chi connectivity index (χ0) is 13.5. The van der Waals surface area contributed by atoms with Gasteiger partial charge in [0, 0.05) is 12.6 Å². The average molecular weight is 253 g/mol. The first-order valence-corrected chi connectivity index (χ1v) is 5.57. The maximum atomic E-state index is 11.3. The van der Waals surface area contributed by atoms with Crippen molar-refractivity contribution >= 4 is 17.5 Å². The van der Waals surface area contributed by atoms with E-state index >= 15 is 0 Å². The van der Waals surface area contributed by atoms with Crippen molar-refractivity contribution in [1.29, 1.82) is 0 Å². The highest BCUT2D eigenvalue weighted by Crippen LogP contribution is 2.22. The lowest BCUT2D eigenvalue weighted by Gasteiger charge is -2.06. The van der Waals surface area contributed by atoms with Crippen LogP contribution in [0.2, 0.25) is 0 Å². The highest BCUT2D eigenvalue weighted by atomic mass is 16.6. The predicted octanol–water partition coefficient (Wildman–Crippen LogP) is 1.99. The van der Waals surface area contributed by atoms with Crippen LogP contribution in [-0.2, 0) is 4.74 Å². The summed E-state index contributed by atoms with van der Waals surface area (Å²) in [7, 11) is 1.23. The molecular formula is C11H15N3O4. The minimum Gasteiger partial charge on any atom is -0.464 e. The van der Waals surface area contributed by atoms with E-state index in [1.54, 1.807) is 0 Å². The molecular weight excluding hydrogens is 238 g/mol. The van der Waals surface area contributed by atoms with E-state index in [2.05, 4.69) is 15.0 Å². The maximum Gasteiger partial charge on any atom is 0.356 e. The standard InChI is InChI=1S/C11H15N3O4/c1-3-4-7-12-10-9(14(16)17)6-5-8(13-10)11(15)18-2/h5-6H,3-4,7H2,1-2H3,(H,12,13). The number of aromatic nitrogens is 1. The van der Waals surface area contributed by atoms with Gasteiger partial charge in [-0.1, -0.05) is 13.3 Å². The van der Waals surface area contributed by atoms with Crippen molar-refractivity contribution < 1.29 is 14.5 Å². The van der Waals surface area contributed by atoms with Crippen molar-refractivity contribution in [2.45, 2.75) is 19.8 Å². The lowest BCUT2D eigenvalue weighted by Crippen LogP contribution is -2.10. The van der Waals surface area contributed by atoms with Crippen LogP contribution in [0.1, 0.15) is 30.3 Å². The Kier molecular flexibility index (Phi) is 5.04. The van der Waals surface area contributed by atoms with E-state index in [9.17, 15) is 14.9 Å². The number of nitro groups is 1. The van der Waals surface area contributed by atoms with Crippen LogP contribution in [0.15, 0.2) is 12.1 Å².